The van der Waals surface area contributed by atoms with Crippen molar-refractivity contribution < 1.29 is 14.3 Å². The van der Waals surface area contributed by atoms with Gasteiger partial charge in [-0.15, -0.1) is 0 Å². The molecule has 5 heteroatoms. The first-order chi connectivity index (χ1) is 12.5. The van der Waals surface area contributed by atoms with Crippen LogP contribution in [0.5, 0.6) is 11.5 Å². The molecule has 2 aromatic carbocycles. The van der Waals surface area contributed by atoms with Crippen molar-refractivity contribution >= 4 is 5.91 Å². The average Bonchev–Trinajstić information content (AvgIpc) is 2.95. The standard InChI is InChI=1S/C21H22N2O3/c1-14-18(12-16-8-6-5-7-9-16)15(2)23(22-14)21(24)17-10-11-19(25-3)20(13-17)26-4/h5-11,13H,12H2,1-4H3. The van der Waals surface area contributed by atoms with Crippen LogP contribution in [0.25, 0.3) is 0 Å². The molecule has 1 heterocycles. The highest BCUT2D eigenvalue weighted by atomic mass is 16.5. The Balaban J connectivity index is 1.95. The van der Waals surface area contributed by atoms with Gasteiger partial charge in [0, 0.05) is 23.2 Å². The van der Waals surface area contributed by atoms with Crippen LogP contribution in [0.15, 0.2) is 48.5 Å². The molecule has 26 heavy (non-hydrogen) atoms. The van der Waals surface area contributed by atoms with Crippen LogP contribution in [0.4, 0.5) is 0 Å². The molecule has 0 aliphatic rings. The minimum Gasteiger partial charge on any atom is -0.493 e. The zero-order valence-electron chi connectivity index (χ0n) is 15.4. The summed E-state index contributed by atoms with van der Waals surface area (Å²) < 4.78 is 12.0. The maximum atomic E-state index is 13.0. The van der Waals surface area contributed by atoms with Gasteiger partial charge < -0.3 is 9.47 Å². The molecular formula is C21H22N2O3. The summed E-state index contributed by atoms with van der Waals surface area (Å²) in [5, 5.41) is 4.48. The van der Waals surface area contributed by atoms with Crippen molar-refractivity contribution in [2.24, 2.45) is 0 Å². The van der Waals surface area contributed by atoms with E-state index in [0.29, 0.717) is 17.1 Å². The number of carbonyl (C=O) groups is 1. The number of benzene rings is 2. The molecule has 0 radical (unpaired) electrons. The number of ether oxygens (including phenoxy) is 2. The van der Waals surface area contributed by atoms with Gasteiger partial charge in [0.15, 0.2) is 11.5 Å². The topological polar surface area (TPSA) is 53.4 Å². The van der Waals surface area contributed by atoms with Gasteiger partial charge in [0.25, 0.3) is 5.91 Å². The first-order valence-corrected chi connectivity index (χ1v) is 8.41. The van der Waals surface area contributed by atoms with Gasteiger partial charge in [-0.2, -0.15) is 5.10 Å². The number of carbonyl (C=O) groups excluding carboxylic acids is 1. The molecule has 1 aromatic heterocycles. The average molecular weight is 350 g/mol. The van der Waals surface area contributed by atoms with Crippen molar-refractivity contribution in [1.82, 2.24) is 9.78 Å². The molecule has 0 aliphatic carbocycles. The molecule has 5 nitrogen and oxygen atoms in total. The lowest BCUT2D eigenvalue weighted by Crippen LogP contribution is -2.15. The van der Waals surface area contributed by atoms with E-state index in [2.05, 4.69) is 17.2 Å². The summed E-state index contributed by atoms with van der Waals surface area (Å²) in [6.07, 6.45) is 0.748. The van der Waals surface area contributed by atoms with Crippen molar-refractivity contribution in [2.45, 2.75) is 20.3 Å². The lowest BCUT2D eigenvalue weighted by Gasteiger charge is -2.10. The van der Waals surface area contributed by atoms with Gasteiger partial charge >= 0.3 is 0 Å². The zero-order valence-corrected chi connectivity index (χ0v) is 15.4. The van der Waals surface area contributed by atoms with Crippen LogP contribution in [0, 0.1) is 13.8 Å². The molecule has 0 N–H and O–H groups in total. The summed E-state index contributed by atoms with van der Waals surface area (Å²) >= 11 is 0. The third-order valence-corrected chi connectivity index (χ3v) is 4.49. The van der Waals surface area contributed by atoms with E-state index in [-0.39, 0.29) is 5.91 Å². The number of aromatic nitrogens is 2. The number of nitrogens with zero attached hydrogens (tertiary/aromatic N) is 2. The van der Waals surface area contributed by atoms with E-state index < -0.39 is 0 Å². The normalized spacial score (nSPS) is 10.6. The van der Waals surface area contributed by atoms with Gasteiger partial charge in [-0.1, -0.05) is 30.3 Å². The van der Waals surface area contributed by atoms with Crippen molar-refractivity contribution in [3.8, 4) is 11.5 Å². The lowest BCUT2D eigenvalue weighted by atomic mass is 10.0. The predicted octanol–water partition coefficient (Wildman–Crippen LogP) is 3.80. The van der Waals surface area contributed by atoms with E-state index in [9.17, 15) is 4.79 Å². The molecule has 0 atom stereocenters. The van der Waals surface area contributed by atoms with Gasteiger partial charge in [0.2, 0.25) is 0 Å². The molecule has 0 saturated carbocycles. The number of methoxy groups -OCH3 is 2. The van der Waals surface area contributed by atoms with Gasteiger partial charge in [-0.05, 0) is 37.6 Å². The van der Waals surface area contributed by atoms with Gasteiger partial charge in [-0.25, -0.2) is 4.68 Å². The Morgan fingerprint density at radius 2 is 1.69 bits per heavy atom. The Labute approximate surface area is 153 Å². The SMILES string of the molecule is COc1ccc(C(=O)n2nc(C)c(Cc3ccccc3)c2C)cc1OC. The first kappa shape index (κ1) is 17.7. The monoisotopic (exact) mass is 350 g/mol. The summed E-state index contributed by atoms with van der Waals surface area (Å²) in [6.45, 7) is 3.86. The van der Waals surface area contributed by atoms with E-state index in [1.54, 1.807) is 32.4 Å². The molecule has 3 aromatic rings. The molecular weight excluding hydrogens is 328 g/mol. The van der Waals surface area contributed by atoms with Crippen molar-refractivity contribution in [2.75, 3.05) is 14.2 Å². The van der Waals surface area contributed by atoms with Crippen LogP contribution in [-0.4, -0.2) is 29.9 Å². The molecule has 0 amide bonds. The summed E-state index contributed by atoms with van der Waals surface area (Å²) in [4.78, 5) is 13.0. The smallest absolute Gasteiger partial charge is 0.278 e. The van der Waals surface area contributed by atoms with Gasteiger partial charge in [0.1, 0.15) is 0 Å². The second kappa shape index (κ2) is 7.44. The van der Waals surface area contributed by atoms with Gasteiger partial charge in [-0.3, -0.25) is 4.79 Å². The number of hydrogen-bond donors (Lipinski definition) is 0. The van der Waals surface area contributed by atoms with Crippen LogP contribution in [0.2, 0.25) is 0 Å². The van der Waals surface area contributed by atoms with Crippen LogP contribution in [-0.2, 0) is 6.42 Å². The van der Waals surface area contributed by atoms with E-state index in [4.69, 9.17) is 9.47 Å². The predicted molar refractivity (Wildman–Crippen MR) is 100 cm³/mol. The third kappa shape index (κ3) is 3.33. The number of hydrogen-bond acceptors (Lipinski definition) is 4. The Kier molecular flexibility index (Phi) is 5.07. The number of rotatable bonds is 5. The second-order valence-corrected chi connectivity index (χ2v) is 6.10. The second-order valence-electron chi connectivity index (χ2n) is 6.10. The highest BCUT2D eigenvalue weighted by Gasteiger charge is 2.19. The van der Waals surface area contributed by atoms with E-state index in [1.165, 1.54) is 10.2 Å². The Hall–Kier alpha value is -3.08. The van der Waals surface area contributed by atoms with Crippen LogP contribution in [0.1, 0.15) is 32.9 Å². The lowest BCUT2D eigenvalue weighted by molar-refractivity contribution is 0.0942. The number of aryl methyl sites for hydroxylation is 1. The zero-order chi connectivity index (χ0) is 18.7. The Morgan fingerprint density at radius 1 is 1.00 bits per heavy atom. The fourth-order valence-electron chi connectivity index (χ4n) is 3.02. The van der Waals surface area contributed by atoms with E-state index in [1.807, 2.05) is 32.0 Å². The molecule has 0 aliphatic heterocycles. The molecule has 134 valence electrons. The van der Waals surface area contributed by atoms with E-state index >= 15 is 0 Å². The Bertz CT molecular complexity index is 930. The fourth-order valence-corrected chi connectivity index (χ4v) is 3.02. The van der Waals surface area contributed by atoms with Crippen molar-refractivity contribution in [3.05, 3.63) is 76.6 Å². The van der Waals surface area contributed by atoms with Crippen molar-refractivity contribution in [1.29, 1.82) is 0 Å². The summed E-state index contributed by atoms with van der Waals surface area (Å²) in [6, 6.07) is 15.3. The first-order valence-electron chi connectivity index (χ1n) is 8.41. The largest absolute Gasteiger partial charge is 0.493 e. The maximum Gasteiger partial charge on any atom is 0.278 e. The quantitative estimate of drug-likeness (QED) is 0.702. The minimum absolute atomic E-state index is 0.189. The van der Waals surface area contributed by atoms with Crippen LogP contribution in [0.3, 0.4) is 0 Å². The van der Waals surface area contributed by atoms with Crippen LogP contribution >= 0.6 is 0 Å². The molecule has 0 bridgehead atoms. The molecule has 0 unspecified atom stereocenters. The fraction of sp³-hybridized carbons (Fsp3) is 0.238. The summed E-state index contributed by atoms with van der Waals surface area (Å²) in [5.74, 6) is 0.914. The minimum atomic E-state index is -0.189. The molecule has 3 rings (SSSR count). The molecule has 0 saturated heterocycles. The van der Waals surface area contributed by atoms with Crippen LogP contribution < -0.4 is 9.47 Å². The van der Waals surface area contributed by atoms with Crippen molar-refractivity contribution in [3.63, 3.8) is 0 Å². The summed E-state index contributed by atoms with van der Waals surface area (Å²) in [7, 11) is 3.11. The summed E-state index contributed by atoms with van der Waals surface area (Å²) in [5.41, 5.74) is 4.48. The van der Waals surface area contributed by atoms with Gasteiger partial charge in [0.05, 0.1) is 19.9 Å². The maximum absolute atomic E-state index is 13.0. The highest BCUT2D eigenvalue weighted by Crippen LogP contribution is 2.28. The highest BCUT2D eigenvalue weighted by molar-refractivity contribution is 5.96. The van der Waals surface area contributed by atoms with E-state index in [0.717, 1.165) is 23.4 Å². The third-order valence-electron chi connectivity index (χ3n) is 4.49. The Morgan fingerprint density at radius 3 is 2.35 bits per heavy atom. The molecule has 0 spiro atoms. The molecule has 0 fully saturated rings.